The fourth-order valence-corrected chi connectivity index (χ4v) is 2.70. The zero-order valence-electron chi connectivity index (χ0n) is 15.9. The number of hydrogen-bond donors (Lipinski definition) is 2. The van der Waals surface area contributed by atoms with Crippen molar-refractivity contribution in [3.05, 3.63) is 69.9 Å². The minimum atomic E-state index is -0.482. The smallest absolute Gasteiger partial charge is 0.332 e. The molecule has 0 spiro atoms. The fraction of sp³-hybridized carbons (Fsp3) is 0.200. The van der Waals surface area contributed by atoms with Crippen LogP contribution < -0.4 is 15.4 Å². The molecule has 0 bridgehead atoms. The van der Waals surface area contributed by atoms with Crippen LogP contribution in [0.5, 0.6) is 5.75 Å². The summed E-state index contributed by atoms with van der Waals surface area (Å²) in [5, 5.41) is 17.7. The molecule has 2 N–H and O–H groups in total. The van der Waals surface area contributed by atoms with Crippen LogP contribution in [0, 0.1) is 24.0 Å². The lowest BCUT2D eigenvalue weighted by molar-refractivity contribution is -0.385. The van der Waals surface area contributed by atoms with Crippen molar-refractivity contribution in [3.8, 4) is 5.75 Å². The first kappa shape index (κ1) is 19.1. The number of aryl methyl sites for hydroxylation is 2. The standard InChI is InChI=1S/C20H21N5O3/c1-4-28-16-11-9-15(10-12-16)22-19-18(25(26)27)14(3)21-20(24-19)23-17-8-6-5-7-13(17)2/h5-12H,4H2,1-3H3,(H2,21,22,23,24). The largest absolute Gasteiger partial charge is 0.494 e. The third kappa shape index (κ3) is 4.35. The van der Waals surface area contributed by atoms with Gasteiger partial charge in [-0.3, -0.25) is 10.1 Å². The van der Waals surface area contributed by atoms with Gasteiger partial charge in [-0.15, -0.1) is 0 Å². The molecule has 8 nitrogen and oxygen atoms in total. The van der Waals surface area contributed by atoms with Gasteiger partial charge in [0.25, 0.3) is 0 Å². The highest BCUT2D eigenvalue weighted by Gasteiger charge is 2.22. The second-order valence-electron chi connectivity index (χ2n) is 6.11. The monoisotopic (exact) mass is 379 g/mol. The Morgan fingerprint density at radius 1 is 1.04 bits per heavy atom. The van der Waals surface area contributed by atoms with Gasteiger partial charge in [0.1, 0.15) is 11.4 Å². The molecule has 28 heavy (non-hydrogen) atoms. The molecule has 3 rings (SSSR count). The normalized spacial score (nSPS) is 10.4. The van der Waals surface area contributed by atoms with Crippen LogP contribution in [0.25, 0.3) is 0 Å². The van der Waals surface area contributed by atoms with Crippen LogP contribution in [0.1, 0.15) is 18.2 Å². The molecule has 0 saturated carbocycles. The number of aromatic nitrogens is 2. The van der Waals surface area contributed by atoms with E-state index in [4.69, 9.17) is 4.74 Å². The lowest BCUT2D eigenvalue weighted by Crippen LogP contribution is -2.07. The van der Waals surface area contributed by atoms with Crippen molar-refractivity contribution < 1.29 is 9.66 Å². The van der Waals surface area contributed by atoms with E-state index in [0.717, 1.165) is 17.0 Å². The molecule has 0 aliphatic heterocycles. The molecule has 0 amide bonds. The maximum Gasteiger partial charge on any atom is 0.332 e. The van der Waals surface area contributed by atoms with E-state index >= 15 is 0 Å². The third-order valence-corrected chi connectivity index (χ3v) is 4.06. The minimum Gasteiger partial charge on any atom is -0.494 e. The molecular formula is C20H21N5O3. The molecule has 1 heterocycles. The van der Waals surface area contributed by atoms with E-state index in [1.165, 1.54) is 0 Å². The van der Waals surface area contributed by atoms with Crippen LogP contribution in [-0.2, 0) is 0 Å². The average molecular weight is 379 g/mol. The number of anilines is 4. The number of para-hydroxylation sites is 1. The molecule has 1 aromatic heterocycles. The zero-order valence-corrected chi connectivity index (χ0v) is 15.9. The van der Waals surface area contributed by atoms with Gasteiger partial charge >= 0.3 is 5.69 Å². The Morgan fingerprint density at radius 2 is 1.75 bits per heavy atom. The van der Waals surface area contributed by atoms with E-state index in [9.17, 15) is 10.1 Å². The van der Waals surface area contributed by atoms with Crippen LogP contribution in [0.3, 0.4) is 0 Å². The second-order valence-corrected chi connectivity index (χ2v) is 6.11. The summed E-state index contributed by atoms with van der Waals surface area (Å²) in [6.07, 6.45) is 0. The SMILES string of the molecule is CCOc1ccc(Nc2nc(Nc3ccccc3C)nc(C)c2[N+](=O)[O-])cc1. The maximum atomic E-state index is 11.5. The van der Waals surface area contributed by atoms with Gasteiger partial charge in [-0.1, -0.05) is 18.2 Å². The summed E-state index contributed by atoms with van der Waals surface area (Å²) in [5.74, 6) is 1.13. The first-order valence-electron chi connectivity index (χ1n) is 8.83. The van der Waals surface area contributed by atoms with Crippen molar-refractivity contribution >= 4 is 28.8 Å². The summed E-state index contributed by atoms with van der Waals surface area (Å²) in [7, 11) is 0. The van der Waals surface area contributed by atoms with E-state index in [1.807, 2.05) is 38.1 Å². The third-order valence-electron chi connectivity index (χ3n) is 4.06. The highest BCUT2D eigenvalue weighted by molar-refractivity contribution is 5.70. The van der Waals surface area contributed by atoms with E-state index in [-0.39, 0.29) is 23.1 Å². The Hall–Kier alpha value is -3.68. The molecule has 3 aromatic rings. The van der Waals surface area contributed by atoms with Crippen LogP contribution in [0.15, 0.2) is 48.5 Å². The van der Waals surface area contributed by atoms with Crippen LogP contribution >= 0.6 is 0 Å². The van der Waals surface area contributed by atoms with Gasteiger partial charge in [0.2, 0.25) is 11.8 Å². The maximum absolute atomic E-state index is 11.5. The van der Waals surface area contributed by atoms with Gasteiger partial charge < -0.3 is 15.4 Å². The van der Waals surface area contributed by atoms with Crippen molar-refractivity contribution in [1.82, 2.24) is 9.97 Å². The van der Waals surface area contributed by atoms with E-state index in [2.05, 4.69) is 20.6 Å². The number of nitrogens with one attached hydrogen (secondary N) is 2. The predicted molar refractivity (Wildman–Crippen MR) is 109 cm³/mol. The topological polar surface area (TPSA) is 102 Å². The summed E-state index contributed by atoms with van der Waals surface area (Å²) in [5.41, 5.74) is 2.62. The Labute approximate surface area is 162 Å². The molecular weight excluding hydrogens is 358 g/mol. The summed E-state index contributed by atoms with van der Waals surface area (Å²) in [6, 6.07) is 14.8. The number of rotatable bonds is 7. The van der Waals surface area contributed by atoms with Gasteiger partial charge in [0.05, 0.1) is 11.5 Å². The first-order chi connectivity index (χ1) is 13.5. The van der Waals surface area contributed by atoms with E-state index in [1.54, 1.807) is 31.2 Å². The van der Waals surface area contributed by atoms with Crippen LogP contribution in [-0.4, -0.2) is 21.5 Å². The van der Waals surface area contributed by atoms with Crippen molar-refractivity contribution in [2.75, 3.05) is 17.2 Å². The summed E-state index contributed by atoms with van der Waals surface area (Å²) < 4.78 is 5.42. The van der Waals surface area contributed by atoms with Crippen LogP contribution in [0.2, 0.25) is 0 Å². The molecule has 8 heteroatoms. The Balaban J connectivity index is 1.94. The molecule has 0 radical (unpaired) electrons. The zero-order chi connectivity index (χ0) is 20.1. The van der Waals surface area contributed by atoms with Crippen molar-refractivity contribution in [1.29, 1.82) is 0 Å². The number of nitrogens with zero attached hydrogens (tertiary/aromatic N) is 3. The number of ether oxygens (including phenoxy) is 1. The summed E-state index contributed by atoms with van der Waals surface area (Å²) in [4.78, 5) is 19.6. The number of hydrogen-bond acceptors (Lipinski definition) is 7. The molecule has 0 aliphatic carbocycles. The number of benzene rings is 2. The first-order valence-corrected chi connectivity index (χ1v) is 8.83. The highest BCUT2D eigenvalue weighted by atomic mass is 16.6. The Bertz CT molecular complexity index is 990. The van der Waals surface area contributed by atoms with Crippen LogP contribution in [0.4, 0.5) is 28.8 Å². The molecule has 2 aromatic carbocycles. The molecule has 0 atom stereocenters. The summed E-state index contributed by atoms with van der Waals surface area (Å²) >= 11 is 0. The van der Waals surface area contributed by atoms with E-state index < -0.39 is 4.92 Å². The lowest BCUT2D eigenvalue weighted by Gasteiger charge is -2.12. The lowest BCUT2D eigenvalue weighted by atomic mass is 10.2. The van der Waals surface area contributed by atoms with Gasteiger partial charge in [-0.25, -0.2) is 4.98 Å². The van der Waals surface area contributed by atoms with Crippen molar-refractivity contribution in [2.24, 2.45) is 0 Å². The predicted octanol–water partition coefficient (Wildman–Crippen LogP) is 4.89. The molecule has 144 valence electrons. The molecule has 0 saturated heterocycles. The Morgan fingerprint density at radius 3 is 2.39 bits per heavy atom. The average Bonchev–Trinajstić information content (AvgIpc) is 2.65. The van der Waals surface area contributed by atoms with Crippen molar-refractivity contribution in [3.63, 3.8) is 0 Å². The Kier molecular flexibility index (Phi) is 5.69. The molecule has 0 fully saturated rings. The van der Waals surface area contributed by atoms with Gasteiger partial charge in [0.15, 0.2) is 0 Å². The molecule has 0 aliphatic rings. The highest BCUT2D eigenvalue weighted by Crippen LogP contribution is 2.31. The summed E-state index contributed by atoms with van der Waals surface area (Å²) in [6.45, 7) is 6.02. The van der Waals surface area contributed by atoms with Gasteiger partial charge in [-0.05, 0) is 56.7 Å². The minimum absolute atomic E-state index is 0.123. The second kappa shape index (κ2) is 8.34. The molecule has 0 unspecified atom stereocenters. The van der Waals surface area contributed by atoms with E-state index in [0.29, 0.717) is 12.3 Å². The van der Waals surface area contributed by atoms with Crippen molar-refractivity contribution in [2.45, 2.75) is 20.8 Å². The quantitative estimate of drug-likeness (QED) is 0.445. The van der Waals surface area contributed by atoms with Gasteiger partial charge in [0, 0.05) is 11.4 Å². The number of nitro groups is 1. The van der Waals surface area contributed by atoms with Gasteiger partial charge in [-0.2, -0.15) is 4.98 Å². The fourth-order valence-electron chi connectivity index (χ4n) is 2.70.